The molecule has 642 valence electrons. The van der Waals surface area contributed by atoms with Crippen molar-refractivity contribution in [3.05, 3.63) is 111 Å². The number of hydrogen-bond donors (Lipinski definition) is 8. The van der Waals surface area contributed by atoms with Gasteiger partial charge in [-0.3, -0.25) is 60.5 Å². The molecule has 2 saturated heterocycles. The lowest BCUT2D eigenvalue weighted by molar-refractivity contribution is -0.138. The number of aliphatic carboxylic acids is 1. The van der Waals surface area contributed by atoms with E-state index in [4.69, 9.17) is 101 Å². The van der Waals surface area contributed by atoms with Crippen LogP contribution in [0, 0.1) is 0 Å². The molecule has 0 saturated carbocycles. The van der Waals surface area contributed by atoms with Crippen LogP contribution in [0.2, 0.25) is 0 Å². The Morgan fingerprint density at radius 2 is 0.983 bits per heavy atom. The highest BCUT2D eigenvalue weighted by Gasteiger charge is 2.47. The topological polar surface area (TPSA) is 534 Å². The third kappa shape index (κ3) is 33.4. The smallest absolute Gasteiger partial charge is 0.472 e. The molecule has 0 aliphatic carbocycles. The first-order chi connectivity index (χ1) is 55.5. The van der Waals surface area contributed by atoms with Crippen molar-refractivity contribution in [1.29, 1.82) is 0 Å². The van der Waals surface area contributed by atoms with E-state index >= 15 is 0 Å². The first-order valence-corrected chi connectivity index (χ1v) is 42.5. The molecule has 10 N–H and O–H groups in total. The number of nitrogens with zero attached hydrogens (tertiary/aromatic N) is 8. The number of amides is 3. The Bertz CT molecular complexity index is 3950. The highest BCUT2D eigenvalue weighted by Crippen LogP contribution is 2.53. The Balaban J connectivity index is 0.756. The molecule has 115 heavy (non-hydrogen) atoms. The number of rotatable bonds is 59. The molecule has 4 aliphatic rings. The zero-order chi connectivity index (χ0) is 82.3. The number of nitrogen functional groups attached to an aromatic ring is 2. The van der Waals surface area contributed by atoms with Crippen LogP contribution in [0.25, 0.3) is 0 Å². The highest BCUT2D eigenvalue weighted by atomic mass is 31.2. The first kappa shape index (κ1) is 93.5. The van der Waals surface area contributed by atoms with E-state index in [1.54, 1.807) is 4.90 Å². The average Bonchev–Trinajstić information content (AvgIpc) is 1.69. The normalized spacial score (nSPS) is 20.7. The fourth-order valence-corrected chi connectivity index (χ4v) is 14.8. The van der Waals surface area contributed by atoms with Crippen molar-refractivity contribution in [3.63, 3.8) is 0 Å². The van der Waals surface area contributed by atoms with Gasteiger partial charge in [0.2, 0.25) is 17.7 Å². The number of carbonyl (C=O) groups excluding carboxylic acids is 3. The molecular formula is C70H107N12O30P3. The summed E-state index contributed by atoms with van der Waals surface area (Å²) in [6, 6.07) is 17.0. The van der Waals surface area contributed by atoms with Gasteiger partial charge >= 0.3 is 40.8 Å². The minimum Gasteiger partial charge on any atom is -0.481 e. The number of para-hydroxylation sites is 1. The zero-order valence-corrected chi connectivity index (χ0v) is 66.9. The van der Waals surface area contributed by atoms with Crippen LogP contribution in [-0.2, 0) is 119 Å². The van der Waals surface area contributed by atoms with Crippen molar-refractivity contribution in [2.75, 3.05) is 181 Å². The summed E-state index contributed by atoms with van der Waals surface area (Å²) < 4.78 is 135. The van der Waals surface area contributed by atoms with Gasteiger partial charge in [0.1, 0.15) is 60.6 Å². The van der Waals surface area contributed by atoms with Gasteiger partial charge in [0, 0.05) is 82.0 Å². The molecule has 0 bridgehead atoms. The fourth-order valence-electron chi connectivity index (χ4n) is 12.2. The Kier molecular flexibility index (Phi) is 40.7. The van der Waals surface area contributed by atoms with Crippen molar-refractivity contribution in [2.45, 2.75) is 133 Å². The second kappa shape index (κ2) is 50.0. The largest absolute Gasteiger partial charge is 0.481 e. The summed E-state index contributed by atoms with van der Waals surface area (Å²) in [5.41, 5.74) is 12.9. The summed E-state index contributed by atoms with van der Waals surface area (Å²) in [7, 11) is -15.2. The number of carbonyl (C=O) groups is 4. The number of phosphoric acid groups is 3. The Hall–Kier alpha value is -7.03. The van der Waals surface area contributed by atoms with Crippen molar-refractivity contribution >= 4 is 64.5 Å². The third-order valence-electron chi connectivity index (χ3n) is 17.7. The number of unbranched alkanes of at least 4 members (excludes halogenated alkanes) is 1. The molecule has 42 nitrogen and oxygen atoms in total. The Morgan fingerprint density at radius 1 is 0.522 bits per heavy atom. The average molecular weight is 1690 g/mol. The second-order valence-electron chi connectivity index (χ2n) is 26.3. The highest BCUT2D eigenvalue weighted by molar-refractivity contribution is 7.48. The van der Waals surface area contributed by atoms with E-state index in [9.17, 15) is 57.1 Å². The maximum Gasteiger partial charge on any atom is 0.472 e. The molecule has 2 aromatic heterocycles. The third-order valence-corrected chi connectivity index (χ3v) is 20.7. The van der Waals surface area contributed by atoms with Crippen LogP contribution in [0.1, 0.15) is 119 Å². The molecule has 0 spiro atoms. The van der Waals surface area contributed by atoms with Gasteiger partial charge in [-0.05, 0) is 61.4 Å². The lowest BCUT2D eigenvalue weighted by Gasteiger charge is -2.35. The van der Waals surface area contributed by atoms with Crippen LogP contribution in [0.15, 0.2) is 93.0 Å². The molecule has 11 atom stereocenters. The van der Waals surface area contributed by atoms with Gasteiger partial charge in [-0.25, -0.2) is 23.3 Å². The van der Waals surface area contributed by atoms with Gasteiger partial charge in [-0.15, -0.1) is 0 Å². The fraction of sp³-hybridized carbons (Fsp3) is 0.657. The molecule has 3 amide bonds. The van der Waals surface area contributed by atoms with Crippen LogP contribution < -0.4 is 38.4 Å². The van der Waals surface area contributed by atoms with Crippen molar-refractivity contribution < 1.29 is 132 Å². The van der Waals surface area contributed by atoms with Crippen LogP contribution in [-0.4, -0.2) is 257 Å². The number of nitrogens with one attached hydrogen (secondary N) is 2. The van der Waals surface area contributed by atoms with E-state index in [1.165, 1.54) is 24.5 Å². The van der Waals surface area contributed by atoms with Gasteiger partial charge in [0.05, 0.1) is 152 Å². The van der Waals surface area contributed by atoms with E-state index < -0.39 is 116 Å². The molecule has 4 aromatic rings. The van der Waals surface area contributed by atoms with Gasteiger partial charge < -0.3 is 98.9 Å². The molecule has 8 rings (SSSR count). The van der Waals surface area contributed by atoms with E-state index in [0.717, 1.165) is 32.2 Å². The maximum absolute atomic E-state index is 14.3. The van der Waals surface area contributed by atoms with Gasteiger partial charge in [-0.2, -0.15) is 15.1 Å². The molecule has 2 fully saturated rings. The number of aromatic nitrogens is 4. The van der Waals surface area contributed by atoms with Crippen molar-refractivity contribution in [2.24, 2.45) is 10.3 Å². The van der Waals surface area contributed by atoms with Crippen LogP contribution in [0.4, 0.5) is 17.3 Å². The SMILES string of the molecule is CCCOCCOCCOCCOCCOCCOP(=O)(O)OC[C@H]1O[C@@H](n2ccc(N)nc2=O)C[C@@H]1OP(=O)(O)OC[C@H]1O[C@@H](n2ccc(N)nc2=O)C[C@@H]1OP(=O)(O)OCCCNC(=O)CCCN1N=NC2c3ccccc3CN(C(=O)CCCCC(=O)NCCOCCOCCOCCOCCC(=O)O)c3ccccc3C21. The number of carboxylic acids is 1. The summed E-state index contributed by atoms with van der Waals surface area (Å²) >= 11 is 0. The van der Waals surface area contributed by atoms with Gasteiger partial charge in [0.15, 0.2) is 0 Å². The molecular weight excluding hydrogens is 1580 g/mol. The molecule has 2 aromatic carbocycles. The number of carboxylic acid groups (broad SMARTS) is 1. The van der Waals surface area contributed by atoms with E-state index in [1.807, 2.05) is 60.5 Å². The van der Waals surface area contributed by atoms with Crippen LogP contribution >= 0.6 is 23.5 Å². The summed E-state index contributed by atoms with van der Waals surface area (Å²) in [6.07, 6.45) is -4.15. The number of hydrogen-bond acceptors (Lipinski definition) is 33. The van der Waals surface area contributed by atoms with Gasteiger partial charge in [0.25, 0.3) is 0 Å². The van der Waals surface area contributed by atoms with Crippen molar-refractivity contribution in [1.82, 2.24) is 34.7 Å². The Morgan fingerprint density at radius 3 is 1.53 bits per heavy atom. The molecule has 0 radical (unpaired) electrons. The molecule has 6 heterocycles. The molecule has 4 aliphatic heterocycles. The maximum atomic E-state index is 14.3. The van der Waals surface area contributed by atoms with Crippen LogP contribution in [0.3, 0.4) is 0 Å². The minimum absolute atomic E-state index is 0.00326. The van der Waals surface area contributed by atoms with Crippen molar-refractivity contribution in [3.8, 4) is 0 Å². The monoisotopic (exact) mass is 1690 g/mol. The minimum atomic E-state index is -5.30. The van der Waals surface area contributed by atoms with E-state index in [-0.39, 0.29) is 120 Å². The van der Waals surface area contributed by atoms with E-state index in [0.29, 0.717) is 124 Å². The lowest BCUT2D eigenvalue weighted by Crippen LogP contribution is -2.35. The Labute approximate surface area is 664 Å². The zero-order valence-electron chi connectivity index (χ0n) is 64.2. The summed E-state index contributed by atoms with van der Waals surface area (Å²) in [5, 5.41) is 25.4. The number of nitrogens with two attached hydrogens (primary N) is 2. The number of benzene rings is 2. The predicted octanol–water partition coefficient (Wildman–Crippen LogP) is 4.39. The first-order valence-electron chi connectivity index (χ1n) is 38.0. The predicted molar refractivity (Wildman–Crippen MR) is 405 cm³/mol. The standard InChI is InChI=1S/C70H107N12O30P3/c1-2-26-96-30-33-99-36-39-102-40-41-103-42-43-104-44-45-106-113(90,91)107-49-57-56(47-65(109-57)80-25-19-60(72)76-70(80)89)112-115(94,95)108-50-58-55(46-64(110-58)79-24-18-59(71)75-69(79)88)111-114(92,93)105-27-10-21-73-62(84)16-9-23-82-68-53-13-5-6-14-54(53)81(48-51-11-3-4-12-52(51)67(68)77-78-82)63(85)17-8-7-15-61(83)74-22-29-98-32-35-101-38-37-100-34-31-97-28-20-66(86)87/h3-6,11-14,18-19,24-25,55-58,64-65,67-68H,2,7-10,15-17,20-23,26-50H2,1H3,(H,73,84)(H,74,83)(H,86,87)(H,90,91)(H,92,93)(H,94,95)(H2,71,75,88)(H2,72,76,89)/t55-,56-,57+,58+,64+,65+,67?,68?/m0/s1. The quantitative estimate of drug-likeness (QED) is 0.0224. The lowest BCUT2D eigenvalue weighted by atomic mass is 9.87. The summed E-state index contributed by atoms with van der Waals surface area (Å²) in [5.74, 6) is -1.81. The van der Waals surface area contributed by atoms with Crippen LogP contribution in [0.5, 0.6) is 0 Å². The summed E-state index contributed by atoms with van der Waals surface area (Å²) in [4.78, 5) is 119. The molecule has 45 heteroatoms. The second-order valence-corrected chi connectivity index (χ2v) is 30.5. The molecule has 5 unspecified atom stereocenters. The number of ether oxygens (including phenoxy) is 11. The number of fused-ring (bicyclic) bond motifs is 5. The number of anilines is 3. The van der Waals surface area contributed by atoms with Gasteiger partial charge in [-0.1, -0.05) is 54.6 Å². The number of phosphoric ester groups is 3. The summed E-state index contributed by atoms with van der Waals surface area (Å²) in [6.45, 7) is 6.01. The van der Waals surface area contributed by atoms with E-state index in [2.05, 4.69) is 25.8 Å².